The van der Waals surface area contributed by atoms with Crippen LogP contribution in [0.2, 0.25) is 0 Å². The summed E-state index contributed by atoms with van der Waals surface area (Å²) in [6, 6.07) is 4.87. The van der Waals surface area contributed by atoms with E-state index < -0.39 is 0 Å². The number of benzene rings is 1. The molecule has 0 unspecified atom stereocenters. The summed E-state index contributed by atoms with van der Waals surface area (Å²) in [5.41, 5.74) is 3.22. The van der Waals surface area contributed by atoms with Gasteiger partial charge in [-0.3, -0.25) is 0 Å². The van der Waals surface area contributed by atoms with Gasteiger partial charge in [-0.2, -0.15) is 5.21 Å². The summed E-state index contributed by atoms with van der Waals surface area (Å²) in [6.45, 7) is 6.80. The molecule has 8 nitrogen and oxygen atoms in total. The molecule has 0 aliphatic carbocycles. The van der Waals surface area contributed by atoms with Crippen molar-refractivity contribution < 1.29 is 8.91 Å². The lowest BCUT2D eigenvalue weighted by molar-refractivity contribution is 0.393. The quantitative estimate of drug-likeness (QED) is 0.777. The highest BCUT2D eigenvalue weighted by Gasteiger charge is 2.24. The van der Waals surface area contributed by atoms with E-state index >= 15 is 0 Å². The number of aromatic nitrogens is 5. The van der Waals surface area contributed by atoms with E-state index in [2.05, 4.69) is 30.7 Å². The smallest absolute Gasteiger partial charge is 0.204 e. The number of hydrogen-bond donors (Lipinski definition) is 1. The van der Waals surface area contributed by atoms with Crippen molar-refractivity contribution in [3.8, 4) is 11.4 Å². The largest absolute Gasteiger partial charge is 0.366 e. The first kappa shape index (κ1) is 15.6. The number of H-pyrrole nitrogens is 1. The van der Waals surface area contributed by atoms with Crippen LogP contribution < -0.4 is 9.80 Å². The number of aromatic amines is 1. The number of halogens is 1. The number of hydrogen-bond acceptors (Lipinski definition) is 7. The van der Waals surface area contributed by atoms with Crippen LogP contribution in [0.5, 0.6) is 0 Å². The molecular weight excluding hydrogens is 325 g/mol. The van der Waals surface area contributed by atoms with E-state index in [0.29, 0.717) is 24.6 Å². The number of nitrogens with one attached hydrogen (secondary N) is 1. The second-order valence-electron chi connectivity index (χ2n) is 6.05. The van der Waals surface area contributed by atoms with E-state index in [1.807, 2.05) is 18.7 Å². The Morgan fingerprint density at radius 3 is 2.52 bits per heavy atom. The second kappa shape index (κ2) is 6.15. The molecule has 0 saturated carbocycles. The van der Waals surface area contributed by atoms with Gasteiger partial charge in [0.1, 0.15) is 17.2 Å². The maximum atomic E-state index is 14.4. The van der Waals surface area contributed by atoms with Crippen molar-refractivity contribution in [1.29, 1.82) is 0 Å². The number of nitrogens with zero attached hydrogens (tertiary/aromatic N) is 6. The summed E-state index contributed by atoms with van der Waals surface area (Å²) >= 11 is 0. The Kier molecular flexibility index (Phi) is 3.83. The molecule has 4 rings (SSSR count). The molecule has 3 heterocycles. The predicted octanol–water partition coefficient (Wildman–Crippen LogP) is 1.94. The predicted molar refractivity (Wildman–Crippen MR) is 90.0 cm³/mol. The summed E-state index contributed by atoms with van der Waals surface area (Å²) in [5.74, 6) is 1.02. The van der Waals surface area contributed by atoms with Crippen LogP contribution in [0.3, 0.4) is 0 Å². The Hall–Kier alpha value is -2.97. The first-order valence-electron chi connectivity index (χ1n) is 8.09. The van der Waals surface area contributed by atoms with Gasteiger partial charge in [0.2, 0.25) is 5.82 Å². The average Bonchev–Trinajstić information content (AvgIpc) is 3.26. The molecular formula is C16H18FN7O. The molecule has 9 heteroatoms. The van der Waals surface area contributed by atoms with Crippen LogP contribution in [0.4, 0.5) is 15.8 Å². The van der Waals surface area contributed by atoms with E-state index in [1.165, 1.54) is 6.07 Å². The third kappa shape index (κ3) is 2.81. The van der Waals surface area contributed by atoms with Crippen LogP contribution in [0.1, 0.15) is 11.5 Å². The van der Waals surface area contributed by atoms with E-state index in [-0.39, 0.29) is 5.82 Å². The Labute approximate surface area is 143 Å². The molecule has 25 heavy (non-hydrogen) atoms. The van der Waals surface area contributed by atoms with Crippen molar-refractivity contribution in [2.75, 3.05) is 36.0 Å². The number of piperazine rings is 1. The molecule has 1 saturated heterocycles. The van der Waals surface area contributed by atoms with Crippen molar-refractivity contribution >= 4 is 11.4 Å². The highest BCUT2D eigenvalue weighted by atomic mass is 19.1. The zero-order valence-corrected chi connectivity index (χ0v) is 14.0. The van der Waals surface area contributed by atoms with Gasteiger partial charge in [0.05, 0.1) is 5.69 Å². The van der Waals surface area contributed by atoms with Gasteiger partial charge in [-0.25, -0.2) is 4.39 Å². The third-order valence-electron chi connectivity index (χ3n) is 4.48. The SMILES string of the molecule is Cc1noc(C)c1N1CCN(c2cc(-c3nn[nH]n3)ccc2F)CC1. The normalized spacial score (nSPS) is 15.0. The number of tetrazole rings is 1. The highest BCUT2D eigenvalue weighted by molar-refractivity contribution is 5.64. The first-order valence-corrected chi connectivity index (χ1v) is 8.09. The van der Waals surface area contributed by atoms with Crippen molar-refractivity contribution in [1.82, 2.24) is 25.8 Å². The van der Waals surface area contributed by atoms with E-state index in [9.17, 15) is 4.39 Å². The van der Waals surface area contributed by atoms with Gasteiger partial charge in [0.25, 0.3) is 0 Å². The van der Waals surface area contributed by atoms with Gasteiger partial charge < -0.3 is 14.3 Å². The lowest BCUT2D eigenvalue weighted by Crippen LogP contribution is -2.47. The van der Waals surface area contributed by atoms with Gasteiger partial charge in [-0.15, -0.1) is 10.2 Å². The maximum Gasteiger partial charge on any atom is 0.204 e. The molecule has 0 spiro atoms. The van der Waals surface area contributed by atoms with Crippen LogP contribution in [-0.4, -0.2) is 52.0 Å². The minimum Gasteiger partial charge on any atom is -0.366 e. The molecule has 1 N–H and O–H groups in total. The minimum absolute atomic E-state index is 0.252. The van der Waals surface area contributed by atoms with E-state index in [1.54, 1.807) is 12.1 Å². The fourth-order valence-electron chi connectivity index (χ4n) is 3.28. The fourth-order valence-corrected chi connectivity index (χ4v) is 3.28. The monoisotopic (exact) mass is 343 g/mol. The molecule has 1 fully saturated rings. The first-order chi connectivity index (χ1) is 12.1. The Morgan fingerprint density at radius 2 is 1.88 bits per heavy atom. The number of rotatable bonds is 3. The van der Waals surface area contributed by atoms with E-state index in [0.717, 1.165) is 35.8 Å². The molecule has 2 aromatic heterocycles. The van der Waals surface area contributed by atoms with E-state index in [4.69, 9.17) is 4.52 Å². The summed E-state index contributed by atoms with van der Waals surface area (Å²) in [4.78, 5) is 4.27. The summed E-state index contributed by atoms with van der Waals surface area (Å²) in [6.07, 6.45) is 0. The Morgan fingerprint density at radius 1 is 1.12 bits per heavy atom. The van der Waals surface area contributed by atoms with Crippen molar-refractivity contribution in [2.24, 2.45) is 0 Å². The molecule has 1 aromatic carbocycles. The van der Waals surface area contributed by atoms with Crippen LogP contribution in [0.15, 0.2) is 22.7 Å². The van der Waals surface area contributed by atoms with Gasteiger partial charge >= 0.3 is 0 Å². The second-order valence-corrected chi connectivity index (χ2v) is 6.05. The van der Waals surface area contributed by atoms with Gasteiger partial charge in [-0.1, -0.05) is 5.16 Å². The summed E-state index contributed by atoms with van der Waals surface area (Å²) in [7, 11) is 0. The highest BCUT2D eigenvalue weighted by Crippen LogP contribution is 2.29. The molecule has 0 radical (unpaired) electrons. The van der Waals surface area contributed by atoms with Gasteiger partial charge in [0, 0.05) is 31.7 Å². The third-order valence-corrected chi connectivity index (χ3v) is 4.48. The number of anilines is 2. The lowest BCUT2D eigenvalue weighted by atomic mass is 10.1. The zero-order chi connectivity index (χ0) is 17.4. The maximum absolute atomic E-state index is 14.4. The topological polar surface area (TPSA) is 87.0 Å². The number of aryl methyl sites for hydroxylation is 2. The molecule has 0 atom stereocenters. The Balaban J connectivity index is 1.54. The van der Waals surface area contributed by atoms with Crippen LogP contribution >= 0.6 is 0 Å². The van der Waals surface area contributed by atoms with Crippen LogP contribution in [0, 0.1) is 19.7 Å². The summed E-state index contributed by atoms with van der Waals surface area (Å²) < 4.78 is 19.6. The van der Waals surface area contributed by atoms with Crippen LogP contribution in [0.25, 0.3) is 11.4 Å². The van der Waals surface area contributed by atoms with Crippen molar-refractivity contribution in [2.45, 2.75) is 13.8 Å². The minimum atomic E-state index is -0.252. The molecule has 3 aromatic rings. The van der Waals surface area contributed by atoms with Gasteiger partial charge in [0.15, 0.2) is 5.76 Å². The van der Waals surface area contributed by atoms with Crippen molar-refractivity contribution in [3.05, 3.63) is 35.5 Å². The Bertz CT molecular complexity index is 849. The van der Waals surface area contributed by atoms with Crippen LogP contribution in [-0.2, 0) is 0 Å². The average molecular weight is 343 g/mol. The standard InChI is InChI=1S/C16H18FN7O/c1-10-15(11(2)25-20-10)24-7-5-23(6-8-24)14-9-12(3-4-13(14)17)16-18-21-22-19-16/h3-4,9H,5-8H2,1-2H3,(H,18,19,21,22). The van der Waals surface area contributed by atoms with Gasteiger partial charge in [-0.05, 0) is 37.3 Å². The molecule has 0 amide bonds. The molecule has 130 valence electrons. The molecule has 1 aliphatic heterocycles. The summed E-state index contributed by atoms with van der Waals surface area (Å²) in [5, 5.41) is 17.9. The van der Waals surface area contributed by atoms with Crippen molar-refractivity contribution in [3.63, 3.8) is 0 Å². The molecule has 0 bridgehead atoms. The lowest BCUT2D eigenvalue weighted by Gasteiger charge is -2.37. The zero-order valence-electron chi connectivity index (χ0n) is 14.0. The molecule has 1 aliphatic rings. The fraction of sp³-hybridized carbons (Fsp3) is 0.375.